The zero-order valence-corrected chi connectivity index (χ0v) is 37.5. The van der Waals surface area contributed by atoms with E-state index >= 15 is 4.39 Å². The lowest BCUT2D eigenvalue weighted by Crippen LogP contribution is -2.42. The van der Waals surface area contributed by atoms with E-state index in [0.717, 1.165) is 53.4 Å². The van der Waals surface area contributed by atoms with Gasteiger partial charge in [-0.15, -0.1) is 11.3 Å². The maximum Gasteiger partial charge on any atom is 0.234 e. The Hall–Kier alpha value is -5.81. The molecule has 0 bridgehead atoms. The van der Waals surface area contributed by atoms with Gasteiger partial charge in [-0.2, -0.15) is 0 Å². The molecule has 3 aliphatic rings. The van der Waals surface area contributed by atoms with Crippen LogP contribution in [-0.4, -0.2) is 82.9 Å². The Morgan fingerprint density at radius 2 is 1.75 bits per heavy atom. The molecule has 3 fully saturated rings. The van der Waals surface area contributed by atoms with Crippen LogP contribution in [0.2, 0.25) is 0 Å². The molecule has 6 heterocycles. The van der Waals surface area contributed by atoms with Crippen molar-refractivity contribution < 1.29 is 27.2 Å². The molecule has 3 N–H and O–H groups in total. The molecule has 3 aliphatic heterocycles. The van der Waals surface area contributed by atoms with Crippen molar-refractivity contribution in [2.75, 3.05) is 46.9 Å². The number of nitrogens with zero attached hydrogens (tertiary/aromatic N) is 6. The van der Waals surface area contributed by atoms with Crippen LogP contribution < -0.4 is 20.3 Å². The molecule has 330 valence electrons. The zero-order valence-electron chi connectivity index (χ0n) is 35.9. The number of likely N-dealkylation sites (tertiary alicyclic amines) is 1. The van der Waals surface area contributed by atoms with Gasteiger partial charge in [-0.3, -0.25) is 24.4 Å². The van der Waals surface area contributed by atoms with Gasteiger partial charge in [0.05, 0.1) is 44.5 Å². The largest absolute Gasteiger partial charge is 0.356 e. The van der Waals surface area contributed by atoms with Crippen LogP contribution >= 0.6 is 11.3 Å². The predicted molar refractivity (Wildman–Crippen MR) is 243 cm³/mol. The van der Waals surface area contributed by atoms with Crippen LogP contribution in [0.5, 0.6) is 0 Å². The van der Waals surface area contributed by atoms with Gasteiger partial charge in [-0.25, -0.2) is 32.7 Å². The lowest BCUT2D eigenvalue weighted by molar-refractivity contribution is -0.136. The van der Waals surface area contributed by atoms with Crippen LogP contribution in [0, 0.1) is 11.7 Å². The van der Waals surface area contributed by atoms with E-state index in [1.807, 2.05) is 49.9 Å². The van der Waals surface area contributed by atoms with E-state index in [2.05, 4.69) is 42.4 Å². The van der Waals surface area contributed by atoms with Crippen molar-refractivity contribution in [3.05, 3.63) is 95.0 Å². The molecule has 0 aliphatic carbocycles. The lowest BCUT2D eigenvalue weighted by Gasteiger charge is -2.34. The normalized spacial score (nSPS) is 18.7. The zero-order chi connectivity index (χ0) is 44.5. The summed E-state index contributed by atoms with van der Waals surface area (Å²) >= 11 is 1.41. The van der Waals surface area contributed by atoms with E-state index in [-0.39, 0.29) is 57.9 Å². The summed E-state index contributed by atoms with van der Waals surface area (Å²) in [5.74, 6) is -0.275. The molecule has 0 unspecified atom stereocenters. The second-order valence-corrected chi connectivity index (χ2v) is 20.4. The summed E-state index contributed by atoms with van der Waals surface area (Å²) in [6, 6.07) is 18.3. The fourth-order valence-electron chi connectivity index (χ4n) is 8.49. The Labute approximate surface area is 371 Å². The molecule has 5 aromatic rings. The highest BCUT2D eigenvalue weighted by atomic mass is 32.2. The number of nitrogens with one attached hydrogen (secondary N) is 3. The van der Waals surface area contributed by atoms with Gasteiger partial charge in [-0.05, 0) is 85.5 Å². The van der Waals surface area contributed by atoms with Gasteiger partial charge in [0.15, 0.2) is 5.82 Å². The second-order valence-electron chi connectivity index (χ2n) is 17.5. The predicted octanol–water partition coefficient (Wildman–Crippen LogP) is 7.75. The minimum atomic E-state index is -3.73. The molecule has 3 amide bonds. The molecule has 8 rings (SSSR count). The fourth-order valence-corrected chi connectivity index (χ4v) is 10.7. The number of hydrogen-bond donors (Lipinski definition) is 3. The molecule has 0 spiro atoms. The molecule has 0 saturated carbocycles. The van der Waals surface area contributed by atoms with Gasteiger partial charge in [0.2, 0.25) is 33.7 Å². The summed E-state index contributed by atoms with van der Waals surface area (Å²) in [4.78, 5) is 61.2. The number of pyridine rings is 1. The van der Waals surface area contributed by atoms with E-state index in [1.54, 1.807) is 37.5 Å². The Kier molecular flexibility index (Phi) is 12.6. The molecule has 17 heteroatoms. The smallest absolute Gasteiger partial charge is 0.234 e. The first-order valence-electron chi connectivity index (χ1n) is 21.5. The van der Waals surface area contributed by atoms with Gasteiger partial charge in [0, 0.05) is 61.7 Å². The van der Waals surface area contributed by atoms with E-state index in [9.17, 15) is 22.8 Å². The minimum Gasteiger partial charge on any atom is -0.356 e. The number of piperidine rings is 2. The number of sulfonamides is 1. The highest BCUT2D eigenvalue weighted by Crippen LogP contribution is 2.42. The first kappa shape index (κ1) is 43.8. The third-order valence-electron chi connectivity index (χ3n) is 11.8. The maximum atomic E-state index is 16.1. The van der Waals surface area contributed by atoms with Crippen molar-refractivity contribution in [2.45, 2.75) is 83.5 Å². The first-order chi connectivity index (χ1) is 30.2. The Bertz CT molecular complexity index is 2620. The number of thiazole rings is 1. The van der Waals surface area contributed by atoms with Crippen molar-refractivity contribution in [1.29, 1.82) is 0 Å². The van der Waals surface area contributed by atoms with Gasteiger partial charge >= 0.3 is 0 Å². The number of benzene rings is 2. The number of amides is 3. The maximum absolute atomic E-state index is 16.1. The number of aromatic nitrogens is 4. The number of anilines is 4. The summed E-state index contributed by atoms with van der Waals surface area (Å²) in [6.45, 7) is 10.5. The summed E-state index contributed by atoms with van der Waals surface area (Å²) in [5.41, 5.74) is 3.36. The van der Waals surface area contributed by atoms with Crippen molar-refractivity contribution >= 4 is 62.2 Å². The molecule has 14 nitrogen and oxygen atoms in total. The van der Waals surface area contributed by atoms with Crippen molar-refractivity contribution in [3.63, 3.8) is 0 Å². The Morgan fingerprint density at radius 3 is 2.48 bits per heavy atom. The molecule has 2 aromatic carbocycles. The van der Waals surface area contributed by atoms with Gasteiger partial charge in [0.1, 0.15) is 5.82 Å². The number of rotatable bonds is 12. The fraction of sp³-hybridized carbons (Fsp3) is 0.413. The standard InChI is InChI=1S/C46H52FN9O5S2/c1-5-24-63(60,61)54-35-11-7-10-34(39(35)47)40-41(62-44(53-40)46(2,3)4)36-16-20-48-45(51-36)50-32-9-6-8-29(25-32)28-17-21-55(22-18-28)43(59)31-19-23-56(27-31)37-14-12-30(26-49-37)33-13-15-38(57)52-42(33)58/h6-12,14,16,20,25-26,28,31,33,54H,5,13,15,17-19,21-24,27H2,1-4H3,(H,48,50,51)(H,52,57,58)/t31-,33+/m1/s1. The third-order valence-corrected chi connectivity index (χ3v) is 14.8. The summed E-state index contributed by atoms with van der Waals surface area (Å²) in [5, 5.41) is 6.54. The van der Waals surface area contributed by atoms with Crippen LogP contribution in [0.3, 0.4) is 0 Å². The molecule has 63 heavy (non-hydrogen) atoms. The molecular weight excluding hydrogens is 842 g/mol. The van der Waals surface area contributed by atoms with E-state index < -0.39 is 15.8 Å². The van der Waals surface area contributed by atoms with Crippen LogP contribution in [0.4, 0.5) is 27.5 Å². The summed E-state index contributed by atoms with van der Waals surface area (Å²) in [6.07, 6.45) is 6.97. The lowest BCUT2D eigenvalue weighted by atomic mass is 9.88. The number of carbonyl (C=O) groups is 3. The monoisotopic (exact) mass is 893 g/mol. The van der Waals surface area contributed by atoms with Crippen LogP contribution in [0.1, 0.15) is 94.2 Å². The minimum absolute atomic E-state index is 0.113. The first-order valence-corrected chi connectivity index (χ1v) is 24.0. The van der Waals surface area contributed by atoms with E-state index in [1.165, 1.54) is 17.4 Å². The van der Waals surface area contributed by atoms with Crippen LogP contribution in [-0.2, 0) is 29.8 Å². The summed E-state index contributed by atoms with van der Waals surface area (Å²) < 4.78 is 43.6. The topological polar surface area (TPSA) is 179 Å². The molecule has 0 radical (unpaired) electrons. The molecular formula is C46H52FN9O5S2. The summed E-state index contributed by atoms with van der Waals surface area (Å²) in [7, 11) is -3.73. The number of carbonyl (C=O) groups excluding carboxylic acids is 3. The Balaban J connectivity index is 0.908. The SMILES string of the molecule is CCCS(=O)(=O)Nc1cccc(-c2nc(C(C)(C)C)sc2-c2ccnc(Nc3cccc(C4CCN(C(=O)[C@@H]5CCN(c6ccc([C@@H]7CCC(=O)NC7=O)cn6)C5)CC4)c3)n2)c1F. The van der Waals surface area contributed by atoms with Gasteiger partial charge in [0.25, 0.3) is 0 Å². The molecule has 2 atom stereocenters. The number of imide groups is 1. The average Bonchev–Trinajstić information content (AvgIpc) is 3.94. The number of hydrogen-bond acceptors (Lipinski definition) is 12. The Morgan fingerprint density at radius 1 is 0.952 bits per heavy atom. The van der Waals surface area contributed by atoms with Crippen molar-refractivity contribution in [3.8, 4) is 21.8 Å². The quantitative estimate of drug-likeness (QED) is 0.104. The highest BCUT2D eigenvalue weighted by molar-refractivity contribution is 7.92. The van der Waals surface area contributed by atoms with Gasteiger partial charge < -0.3 is 15.1 Å². The molecule has 3 saturated heterocycles. The van der Waals surface area contributed by atoms with Gasteiger partial charge in [-0.1, -0.05) is 52.0 Å². The van der Waals surface area contributed by atoms with E-state index in [0.29, 0.717) is 61.1 Å². The average molecular weight is 894 g/mol. The van der Waals surface area contributed by atoms with Crippen molar-refractivity contribution in [2.24, 2.45) is 5.92 Å². The van der Waals surface area contributed by atoms with E-state index in [4.69, 9.17) is 9.97 Å². The number of halogens is 1. The van der Waals surface area contributed by atoms with Crippen molar-refractivity contribution in [1.82, 2.24) is 30.2 Å². The third kappa shape index (κ3) is 9.89. The van der Waals surface area contributed by atoms with Crippen LogP contribution in [0.25, 0.3) is 21.8 Å². The molecule has 3 aromatic heterocycles. The van der Waals surface area contributed by atoms with Crippen LogP contribution in [0.15, 0.2) is 73.1 Å². The second kappa shape index (κ2) is 18.1. The highest BCUT2D eigenvalue weighted by Gasteiger charge is 2.35.